The normalized spacial score (nSPS) is 42.0. The van der Waals surface area contributed by atoms with E-state index in [1.807, 2.05) is 0 Å². The number of nitrogens with one attached hydrogen (secondary N) is 2. The maximum atomic E-state index is 13.9. The molecule has 126 valence electrons. The van der Waals surface area contributed by atoms with Gasteiger partial charge in [0.1, 0.15) is 29.9 Å². The van der Waals surface area contributed by atoms with E-state index in [2.05, 4.69) is 20.6 Å². The van der Waals surface area contributed by atoms with E-state index < -0.39 is 12.2 Å². The second-order valence-electron chi connectivity index (χ2n) is 7.04. The zero-order valence-electron chi connectivity index (χ0n) is 12.9. The van der Waals surface area contributed by atoms with Crippen molar-refractivity contribution in [3.8, 4) is 0 Å². The molecule has 4 aliphatic rings. The first kappa shape index (κ1) is 14.8. The van der Waals surface area contributed by atoms with Gasteiger partial charge in [-0.1, -0.05) is 0 Å². The monoisotopic (exact) mass is 323 g/mol. The predicted octanol–water partition coefficient (Wildman–Crippen LogP) is 1.21. The minimum atomic E-state index is -0.862. The van der Waals surface area contributed by atoms with E-state index in [1.54, 1.807) is 0 Å². The third-order valence-corrected chi connectivity index (χ3v) is 5.52. The Morgan fingerprint density at radius 2 is 1.65 bits per heavy atom. The van der Waals surface area contributed by atoms with Crippen LogP contribution in [0.1, 0.15) is 44.9 Å². The zero-order chi connectivity index (χ0) is 16.0. The van der Waals surface area contributed by atoms with Gasteiger partial charge < -0.3 is 10.6 Å². The van der Waals surface area contributed by atoms with Crippen LogP contribution in [0, 0.1) is 10.1 Å². The molecule has 2 N–H and O–H groups in total. The molecule has 0 radical (unpaired) electrons. The van der Waals surface area contributed by atoms with Gasteiger partial charge in [0, 0.05) is 11.3 Å². The first-order valence-electron chi connectivity index (χ1n) is 8.56. The van der Waals surface area contributed by atoms with Crippen molar-refractivity contribution < 1.29 is 9.31 Å². The molecule has 0 aromatic carbocycles. The summed E-state index contributed by atoms with van der Waals surface area (Å²) in [7, 11) is 0. The molecule has 2 saturated carbocycles. The molecule has 2 fully saturated rings. The van der Waals surface area contributed by atoms with Crippen LogP contribution >= 0.6 is 0 Å². The second-order valence-corrected chi connectivity index (χ2v) is 7.04. The molecule has 7 nitrogen and oxygen atoms in total. The molecule has 0 bridgehead atoms. The highest BCUT2D eigenvalue weighted by Crippen LogP contribution is 2.30. The number of rotatable bonds is 3. The lowest BCUT2D eigenvalue weighted by Crippen LogP contribution is -2.47. The van der Waals surface area contributed by atoms with Crippen molar-refractivity contribution in [3.05, 3.63) is 10.1 Å². The molecule has 2 aliphatic heterocycles. The van der Waals surface area contributed by atoms with Crippen molar-refractivity contribution in [1.29, 1.82) is 0 Å². The van der Waals surface area contributed by atoms with Crippen molar-refractivity contribution in [2.75, 3.05) is 0 Å². The van der Waals surface area contributed by atoms with Gasteiger partial charge in [-0.3, -0.25) is 20.1 Å². The van der Waals surface area contributed by atoms with Gasteiger partial charge in [-0.05, 0) is 32.1 Å². The lowest BCUT2D eigenvalue weighted by atomic mass is 9.87. The second kappa shape index (κ2) is 5.72. The summed E-state index contributed by atoms with van der Waals surface area (Å²) in [6.07, 6.45) is 4.44. The summed E-state index contributed by atoms with van der Waals surface area (Å²) in [5.41, 5.74) is 0. The van der Waals surface area contributed by atoms with Crippen LogP contribution in [0.2, 0.25) is 0 Å². The lowest BCUT2D eigenvalue weighted by molar-refractivity contribution is -0.528. The number of nitro groups is 1. The average molecular weight is 323 g/mol. The average Bonchev–Trinajstić information content (AvgIpc) is 3.10. The van der Waals surface area contributed by atoms with E-state index in [1.165, 1.54) is 0 Å². The van der Waals surface area contributed by atoms with Crippen LogP contribution in [0.4, 0.5) is 4.39 Å². The van der Waals surface area contributed by atoms with Crippen LogP contribution in [0.5, 0.6) is 0 Å². The third-order valence-electron chi connectivity index (χ3n) is 5.52. The van der Waals surface area contributed by atoms with Crippen molar-refractivity contribution in [3.63, 3.8) is 0 Å². The van der Waals surface area contributed by atoms with Crippen LogP contribution in [0.25, 0.3) is 0 Å². The molecule has 2 aliphatic carbocycles. The van der Waals surface area contributed by atoms with E-state index in [9.17, 15) is 14.5 Å². The Morgan fingerprint density at radius 1 is 1.04 bits per heavy atom. The molecule has 6 atom stereocenters. The number of halogens is 1. The summed E-state index contributed by atoms with van der Waals surface area (Å²) < 4.78 is 13.9. The highest BCUT2D eigenvalue weighted by atomic mass is 19.1. The highest BCUT2D eigenvalue weighted by molar-refractivity contribution is 6.04. The van der Waals surface area contributed by atoms with Gasteiger partial charge in [0.25, 0.3) is 0 Å². The standard InChI is InChI=1S/C15H22FN5O2/c16-8-3-1-4-9-14(8)19-12(17-9)7-13-18-10-5-2-6-11(21(22)23)15(10)20-13/h8-11,14-15H,1-7H2,(H,17,19)(H,18,20). The molecular formula is C15H22FN5O2. The summed E-state index contributed by atoms with van der Waals surface area (Å²) in [5.74, 6) is 1.53. The molecular weight excluding hydrogens is 301 g/mol. The minimum absolute atomic E-state index is 0.0624. The fourth-order valence-corrected chi connectivity index (χ4v) is 4.39. The van der Waals surface area contributed by atoms with Crippen molar-refractivity contribution >= 4 is 11.7 Å². The van der Waals surface area contributed by atoms with Gasteiger partial charge in [-0.15, -0.1) is 0 Å². The summed E-state index contributed by atoms with van der Waals surface area (Å²) >= 11 is 0. The molecule has 0 amide bonds. The van der Waals surface area contributed by atoms with Crippen LogP contribution in [-0.4, -0.2) is 53.0 Å². The summed E-state index contributed by atoms with van der Waals surface area (Å²) in [6.45, 7) is 0. The maximum absolute atomic E-state index is 13.9. The van der Waals surface area contributed by atoms with E-state index in [0.29, 0.717) is 19.3 Å². The Labute approximate surface area is 134 Å². The summed E-state index contributed by atoms with van der Waals surface area (Å²) in [6, 6.07) is -0.964. The molecule has 0 aromatic heterocycles. The molecule has 23 heavy (non-hydrogen) atoms. The zero-order valence-corrected chi connectivity index (χ0v) is 12.9. The lowest BCUT2D eigenvalue weighted by Gasteiger charge is -2.26. The minimum Gasteiger partial charge on any atom is -0.368 e. The van der Waals surface area contributed by atoms with Crippen molar-refractivity contribution in [1.82, 2.24) is 10.6 Å². The fourth-order valence-electron chi connectivity index (χ4n) is 4.39. The van der Waals surface area contributed by atoms with Gasteiger partial charge in [0.2, 0.25) is 6.04 Å². The smallest absolute Gasteiger partial charge is 0.237 e. The van der Waals surface area contributed by atoms with Gasteiger partial charge >= 0.3 is 0 Å². The van der Waals surface area contributed by atoms with Gasteiger partial charge in [0.05, 0.1) is 18.5 Å². The van der Waals surface area contributed by atoms with Crippen molar-refractivity contribution in [2.45, 2.75) is 81.3 Å². The van der Waals surface area contributed by atoms with E-state index in [4.69, 9.17) is 0 Å². The number of nitrogens with zero attached hydrogens (tertiary/aromatic N) is 3. The molecule has 2 heterocycles. The Bertz CT molecular complexity index is 566. The predicted molar refractivity (Wildman–Crippen MR) is 84.3 cm³/mol. The first-order chi connectivity index (χ1) is 11.1. The molecule has 0 aromatic rings. The quantitative estimate of drug-likeness (QED) is 0.603. The fraction of sp³-hybridized carbons (Fsp3) is 0.867. The van der Waals surface area contributed by atoms with Gasteiger partial charge in [-0.2, -0.15) is 0 Å². The van der Waals surface area contributed by atoms with E-state index in [0.717, 1.165) is 37.4 Å². The Morgan fingerprint density at radius 3 is 2.30 bits per heavy atom. The number of hydrogen-bond donors (Lipinski definition) is 2. The SMILES string of the molecule is O=[N+]([O-])C1CCCC2NC(CC3=NC4C(F)CCCC4N3)=NC21. The Kier molecular flexibility index (Phi) is 3.69. The highest BCUT2D eigenvalue weighted by Gasteiger charge is 2.45. The van der Waals surface area contributed by atoms with Crippen LogP contribution in [-0.2, 0) is 0 Å². The molecule has 4 rings (SSSR count). The third kappa shape index (κ3) is 2.68. The number of fused-ring (bicyclic) bond motifs is 2. The Hall–Kier alpha value is -1.73. The first-order valence-corrected chi connectivity index (χ1v) is 8.56. The number of amidine groups is 2. The molecule has 0 spiro atoms. The van der Waals surface area contributed by atoms with Gasteiger partial charge in [0.15, 0.2) is 0 Å². The van der Waals surface area contributed by atoms with Crippen molar-refractivity contribution in [2.24, 2.45) is 9.98 Å². The summed E-state index contributed by atoms with van der Waals surface area (Å²) in [4.78, 5) is 20.1. The van der Waals surface area contributed by atoms with Crippen LogP contribution < -0.4 is 10.6 Å². The van der Waals surface area contributed by atoms with Crippen LogP contribution in [0.15, 0.2) is 9.98 Å². The van der Waals surface area contributed by atoms with E-state index >= 15 is 0 Å². The molecule has 6 unspecified atom stereocenters. The number of aliphatic imine (C=N–C) groups is 2. The number of hydrogen-bond acceptors (Lipinski definition) is 6. The topological polar surface area (TPSA) is 91.9 Å². The summed E-state index contributed by atoms with van der Waals surface area (Å²) in [5, 5.41) is 17.8. The van der Waals surface area contributed by atoms with E-state index in [-0.39, 0.29) is 29.1 Å². The number of alkyl halides is 1. The molecule has 8 heteroatoms. The van der Waals surface area contributed by atoms with Crippen LogP contribution in [0.3, 0.4) is 0 Å². The van der Waals surface area contributed by atoms with Gasteiger partial charge in [-0.25, -0.2) is 4.39 Å². The Balaban J connectivity index is 1.45. The largest absolute Gasteiger partial charge is 0.368 e. The maximum Gasteiger partial charge on any atom is 0.237 e. The molecule has 0 saturated heterocycles.